The summed E-state index contributed by atoms with van der Waals surface area (Å²) < 4.78 is 4.94. The predicted octanol–water partition coefficient (Wildman–Crippen LogP) is 2.93. The molecule has 2 aromatic rings. The molecule has 1 fully saturated rings. The van der Waals surface area contributed by atoms with Crippen molar-refractivity contribution in [3.05, 3.63) is 42.0 Å². The summed E-state index contributed by atoms with van der Waals surface area (Å²) >= 11 is 0. The van der Waals surface area contributed by atoms with Gasteiger partial charge in [0.25, 0.3) is 5.91 Å². The number of aromatic hydroxyl groups is 1. The lowest BCUT2D eigenvalue weighted by Gasteiger charge is -2.20. The number of fused-ring (bicyclic) bond motifs is 1. The molecule has 1 saturated carbocycles. The predicted molar refractivity (Wildman–Crippen MR) is 95.6 cm³/mol. The van der Waals surface area contributed by atoms with E-state index in [0.717, 1.165) is 42.9 Å². The average molecular weight is 355 g/mol. The van der Waals surface area contributed by atoms with Gasteiger partial charge in [-0.2, -0.15) is 0 Å². The number of nitrogens with one attached hydrogen (secondary N) is 1. The molecule has 1 aliphatic carbocycles. The number of hydrogen-bond donors (Lipinski definition) is 2. The first-order valence-electron chi connectivity index (χ1n) is 8.77. The van der Waals surface area contributed by atoms with E-state index in [1.54, 1.807) is 6.07 Å². The Morgan fingerprint density at radius 3 is 2.38 bits per heavy atom. The van der Waals surface area contributed by atoms with Gasteiger partial charge in [-0.3, -0.25) is 14.9 Å². The van der Waals surface area contributed by atoms with Gasteiger partial charge in [0.2, 0.25) is 5.91 Å². The molecule has 6 heteroatoms. The number of rotatable bonds is 4. The van der Waals surface area contributed by atoms with Crippen LogP contribution in [0, 0.1) is 5.92 Å². The number of benzene rings is 2. The Morgan fingerprint density at radius 1 is 1.04 bits per heavy atom. The lowest BCUT2D eigenvalue weighted by molar-refractivity contribution is -0.135. The van der Waals surface area contributed by atoms with Gasteiger partial charge in [-0.1, -0.05) is 43.5 Å². The van der Waals surface area contributed by atoms with Crippen LogP contribution >= 0.6 is 0 Å². The number of amides is 2. The molecular formula is C20H21NO5. The third kappa shape index (κ3) is 4.20. The molecule has 0 spiro atoms. The van der Waals surface area contributed by atoms with Crippen LogP contribution in [0.4, 0.5) is 0 Å². The van der Waals surface area contributed by atoms with Crippen molar-refractivity contribution in [2.75, 3.05) is 6.61 Å². The molecular weight excluding hydrogens is 334 g/mol. The standard InChI is InChI=1S/C20H21NO5/c22-17-11-15-9-5-4-8-14(15)10-16(17)20(25)26-12-18(23)21-19(24)13-6-2-1-3-7-13/h4-5,8-11,13,22H,1-3,6-7,12H2,(H,21,23,24). The average Bonchev–Trinajstić information content (AvgIpc) is 2.66. The van der Waals surface area contributed by atoms with Crippen LogP contribution in [0.15, 0.2) is 36.4 Å². The van der Waals surface area contributed by atoms with Crippen molar-refractivity contribution < 1.29 is 24.2 Å². The molecule has 0 atom stereocenters. The van der Waals surface area contributed by atoms with E-state index in [4.69, 9.17) is 4.74 Å². The van der Waals surface area contributed by atoms with E-state index in [1.165, 1.54) is 12.1 Å². The lowest BCUT2D eigenvalue weighted by Crippen LogP contribution is -2.38. The molecule has 0 unspecified atom stereocenters. The zero-order valence-electron chi connectivity index (χ0n) is 14.4. The van der Waals surface area contributed by atoms with Gasteiger partial charge in [0, 0.05) is 5.92 Å². The van der Waals surface area contributed by atoms with Crippen LogP contribution in [-0.4, -0.2) is 29.5 Å². The van der Waals surface area contributed by atoms with Gasteiger partial charge in [-0.25, -0.2) is 4.79 Å². The fraction of sp³-hybridized carbons (Fsp3) is 0.350. The fourth-order valence-electron chi connectivity index (χ4n) is 3.24. The Labute approximate surface area is 151 Å². The van der Waals surface area contributed by atoms with Gasteiger partial charge < -0.3 is 9.84 Å². The molecule has 0 bridgehead atoms. The number of carbonyl (C=O) groups excluding carboxylic acids is 3. The molecule has 2 amide bonds. The number of esters is 1. The van der Waals surface area contributed by atoms with Gasteiger partial charge in [0.05, 0.1) is 0 Å². The van der Waals surface area contributed by atoms with E-state index in [2.05, 4.69) is 5.32 Å². The molecule has 0 aliphatic heterocycles. The second-order valence-electron chi connectivity index (χ2n) is 6.54. The van der Waals surface area contributed by atoms with Crippen molar-refractivity contribution in [1.29, 1.82) is 0 Å². The van der Waals surface area contributed by atoms with Crippen LogP contribution in [0.2, 0.25) is 0 Å². The number of hydrogen-bond acceptors (Lipinski definition) is 5. The Bertz CT molecular complexity index is 839. The van der Waals surface area contributed by atoms with Crippen LogP contribution in [0.3, 0.4) is 0 Å². The molecule has 6 nitrogen and oxygen atoms in total. The summed E-state index contributed by atoms with van der Waals surface area (Å²) in [6.45, 7) is -0.566. The van der Waals surface area contributed by atoms with Gasteiger partial charge in [-0.15, -0.1) is 0 Å². The van der Waals surface area contributed by atoms with Crippen LogP contribution < -0.4 is 5.32 Å². The minimum atomic E-state index is -0.812. The maximum atomic E-state index is 12.2. The highest BCUT2D eigenvalue weighted by Gasteiger charge is 2.23. The van der Waals surface area contributed by atoms with E-state index in [9.17, 15) is 19.5 Å². The van der Waals surface area contributed by atoms with Crippen molar-refractivity contribution in [2.24, 2.45) is 5.92 Å². The summed E-state index contributed by atoms with van der Waals surface area (Å²) in [6, 6.07) is 10.2. The largest absolute Gasteiger partial charge is 0.507 e. The van der Waals surface area contributed by atoms with E-state index >= 15 is 0 Å². The summed E-state index contributed by atoms with van der Waals surface area (Å²) in [6.07, 6.45) is 4.66. The zero-order valence-corrected chi connectivity index (χ0v) is 14.4. The van der Waals surface area contributed by atoms with Crippen molar-refractivity contribution in [3.8, 4) is 5.75 Å². The van der Waals surface area contributed by atoms with E-state index in [1.807, 2.05) is 18.2 Å². The highest BCUT2D eigenvalue weighted by atomic mass is 16.5. The van der Waals surface area contributed by atoms with Gasteiger partial charge in [0.15, 0.2) is 6.61 Å². The summed E-state index contributed by atoms with van der Waals surface area (Å²) in [7, 11) is 0. The maximum Gasteiger partial charge on any atom is 0.342 e. The molecule has 1 aliphatic rings. The molecule has 0 saturated heterocycles. The number of imide groups is 1. The summed E-state index contributed by atoms with van der Waals surface area (Å²) in [5, 5.41) is 13.8. The van der Waals surface area contributed by atoms with E-state index in [-0.39, 0.29) is 23.1 Å². The number of ether oxygens (including phenoxy) is 1. The zero-order chi connectivity index (χ0) is 18.5. The number of phenols is 1. The summed E-state index contributed by atoms with van der Waals surface area (Å²) in [5.74, 6) is -2.14. The molecule has 26 heavy (non-hydrogen) atoms. The fourth-order valence-corrected chi connectivity index (χ4v) is 3.24. The molecule has 0 radical (unpaired) electrons. The Hall–Kier alpha value is -2.89. The van der Waals surface area contributed by atoms with Crippen LogP contribution in [0.1, 0.15) is 42.5 Å². The van der Waals surface area contributed by atoms with E-state index < -0.39 is 18.5 Å². The topological polar surface area (TPSA) is 92.7 Å². The molecule has 2 aromatic carbocycles. The molecule has 136 valence electrons. The van der Waals surface area contributed by atoms with Crippen molar-refractivity contribution >= 4 is 28.6 Å². The Kier molecular flexibility index (Phi) is 5.51. The van der Waals surface area contributed by atoms with Gasteiger partial charge in [-0.05, 0) is 35.7 Å². The van der Waals surface area contributed by atoms with Crippen molar-refractivity contribution in [2.45, 2.75) is 32.1 Å². The summed E-state index contributed by atoms with van der Waals surface area (Å²) in [4.78, 5) is 36.0. The minimum absolute atomic E-state index is 0.0184. The quantitative estimate of drug-likeness (QED) is 0.823. The molecule has 3 rings (SSSR count). The Morgan fingerprint density at radius 2 is 1.69 bits per heavy atom. The van der Waals surface area contributed by atoms with E-state index in [0.29, 0.717) is 0 Å². The normalized spacial score (nSPS) is 14.8. The summed E-state index contributed by atoms with van der Waals surface area (Å²) in [5.41, 5.74) is -0.0184. The Balaban J connectivity index is 1.57. The molecule has 2 N–H and O–H groups in total. The van der Waals surface area contributed by atoms with Gasteiger partial charge >= 0.3 is 5.97 Å². The van der Waals surface area contributed by atoms with Crippen molar-refractivity contribution in [1.82, 2.24) is 5.32 Å². The van der Waals surface area contributed by atoms with Crippen LogP contribution in [0.25, 0.3) is 10.8 Å². The van der Waals surface area contributed by atoms with Crippen molar-refractivity contribution in [3.63, 3.8) is 0 Å². The van der Waals surface area contributed by atoms with Crippen LogP contribution in [-0.2, 0) is 14.3 Å². The maximum absolute atomic E-state index is 12.2. The second-order valence-corrected chi connectivity index (χ2v) is 6.54. The smallest absolute Gasteiger partial charge is 0.342 e. The third-order valence-corrected chi connectivity index (χ3v) is 4.66. The highest BCUT2D eigenvalue weighted by molar-refractivity contribution is 6.01. The minimum Gasteiger partial charge on any atom is -0.507 e. The third-order valence-electron chi connectivity index (χ3n) is 4.66. The first-order chi connectivity index (χ1) is 12.5. The SMILES string of the molecule is O=C(COC(=O)c1cc2ccccc2cc1O)NC(=O)C1CCCCC1. The number of phenolic OH excluding ortho intramolecular Hbond substituents is 1. The highest BCUT2D eigenvalue weighted by Crippen LogP contribution is 2.26. The first-order valence-corrected chi connectivity index (χ1v) is 8.77. The van der Waals surface area contributed by atoms with Crippen LogP contribution in [0.5, 0.6) is 5.75 Å². The second kappa shape index (κ2) is 7.99. The number of carbonyl (C=O) groups is 3. The monoisotopic (exact) mass is 355 g/mol. The molecule has 0 heterocycles. The first kappa shape index (κ1) is 17.9. The van der Waals surface area contributed by atoms with Gasteiger partial charge in [0.1, 0.15) is 11.3 Å². The lowest BCUT2D eigenvalue weighted by atomic mass is 9.89. The molecule has 0 aromatic heterocycles.